The van der Waals surface area contributed by atoms with Gasteiger partial charge in [-0.2, -0.15) is 0 Å². The van der Waals surface area contributed by atoms with Gasteiger partial charge in [0.05, 0.1) is 18.1 Å². The van der Waals surface area contributed by atoms with Crippen molar-refractivity contribution >= 4 is 39.2 Å². The number of benzene rings is 1. The van der Waals surface area contributed by atoms with Crippen LogP contribution < -0.4 is 10.7 Å². The van der Waals surface area contributed by atoms with Gasteiger partial charge in [-0.05, 0) is 48.3 Å². The fraction of sp³-hybridized carbons (Fsp3) is 0.375. The lowest BCUT2D eigenvalue weighted by atomic mass is 9.72. The highest BCUT2D eigenvalue weighted by molar-refractivity contribution is 7.17. The molecule has 162 valence electrons. The van der Waals surface area contributed by atoms with Gasteiger partial charge in [0.1, 0.15) is 22.4 Å². The zero-order valence-electron chi connectivity index (χ0n) is 18.0. The SMILES string of the molecule is COC(=O)c1c(NC(=O)c2coc3ccccc3c2=O)sc2c1CCC(C(C)(C)C)C2. The molecule has 0 saturated heterocycles. The fourth-order valence-electron chi connectivity index (χ4n) is 4.14. The molecule has 0 saturated carbocycles. The summed E-state index contributed by atoms with van der Waals surface area (Å²) in [7, 11) is 1.33. The summed E-state index contributed by atoms with van der Waals surface area (Å²) < 4.78 is 10.5. The Morgan fingerprint density at radius 2 is 1.97 bits per heavy atom. The van der Waals surface area contributed by atoms with Gasteiger partial charge < -0.3 is 14.5 Å². The molecular weight excluding hydrogens is 414 g/mol. The average Bonchev–Trinajstić information content (AvgIpc) is 3.09. The first-order valence-electron chi connectivity index (χ1n) is 10.3. The average molecular weight is 440 g/mol. The number of esters is 1. The number of nitrogens with one attached hydrogen (secondary N) is 1. The minimum atomic E-state index is -0.601. The van der Waals surface area contributed by atoms with Gasteiger partial charge in [-0.1, -0.05) is 32.9 Å². The molecule has 2 aromatic heterocycles. The first-order chi connectivity index (χ1) is 14.7. The minimum Gasteiger partial charge on any atom is -0.465 e. The largest absolute Gasteiger partial charge is 0.465 e. The number of carbonyl (C=O) groups excluding carboxylic acids is 2. The molecule has 4 rings (SSSR count). The lowest BCUT2D eigenvalue weighted by Crippen LogP contribution is -2.26. The quantitative estimate of drug-likeness (QED) is 0.578. The van der Waals surface area contributed by atoms with Gasteiger partial charge in [0.15, 0.2) is 0 Å². The van der Waals surface area contributed by atoms with Crippen LogP contribution in [0.2, 0.25) is 0 Å². The first kappa shape index (κ1) is 21.3. The van der Waals surface area contributed by atoms with E-state index < -0.39 is 17.3 Å². The molecule has 0 radical (unpaired) electrons. The molecule has 6 nitrogen and oxygen atoms in total. The van der Waals surface area contributed by atoms with E-state index in [2.05, 4.69) is 26.1 Å². The lowest BCUT2D eigenvalue weighted by Gasteiger charge is -2.33. The lowest BCUT2D eigenvalue weighted by molar-refractivity contribution is 0.0600. The Morgan fingerprint density at radius 3 is 2.68 bits per heavy atom. The van der Waals surface area contributed by atoms with Gasteiger partial charge >= 0.3 is 5.97 Å². The van der Waals surface area contributed by atoms with E-state index in [0.717, 1.165) is 29.7 Å². The molecule has 1 unspecified atom stereocenters. The van der Waals surface area contributed by atoms with Crippen LogP contribution >= 0.6 is 11.3 Å². The van der Waals surface area contributed by atoms with Crippen LogP contribution in [0.4, 0.5) is 5.00 Å². The Labute approximate surface area is 184 Å². The van der Waals surface area contributed by atoms with Crippen molar-refractivity contribution in [1.82, 2.24) is 0 Å². The normalized spacial score (nSPS) is 16.1. The molecule has 1 aliphatic carbocycles. The van der Waals surface area contributed by atoms with E-state index in [0.29, 0.717) is 27.5 Å². The summed E-state index contributed by atoms with van der Waals surface area (Å²) in [5.74, 6) is -0.594. The molecular formula is C24H25NO5S. The van der Waals surface area contributed by atoms with Crippen molar-refractivity contribution in [2.75, 3.05) is 12.4 Å². The monoisotopic (exact) mass is 439 g/mol. The molecule has 0 fully saturated rings. The first-order valence-corrected chi connectivity index (χ1v) is 11.1. The Balaban J connectivity index is 1.71. The predicted molar refractivity (Wildman–Crippen MR) is 121 cm³/mol. The maximum Gasteiger partial charge on any atom is 0.341 e. The highest BCUT2D eigenvalue weighted by atomic mass is 32.1. The maximum atomic E-state index is 13.0. The number of fused-ring (bicyclic) bond motifs is 2. The van der Waals surface area contributed by atoms with Gasteiger partial charge in [-0.3, -0.25) is 9.59 Å². The summed E-state index contributed by atoms with van der Waals surface area (Å²) in [5.41, 5.74) is 1.40. The van der Waals surface area contributed by atoms with E-state index in [4.69, 9.17) is 9.15 Å². The summed E-state index contributed by atoms with van der Waals surface area (Å²) in [6, 6.07) is 6.77. The van der Waals surface area contributed by atoms with Crippen molar-refractivity contribution < 1.29 is 18.7 Å². The van der Waals surface area contributed by atoms with Crippen molar-refractivity contribution in [2.45, 2.75) is 40.0 Å². The van der Waals surface area contributed by atoms with Crippen molar-refractivity contribution in [1.29, 1.82) is 0 Å². The van der Waals surface area contributed by atoms with Crippen LogP contribution in [0.5, 0.6) is 0 Å². The van der Waals surface area contributed by atoms with Crippen molar-refractivity contribution in [3.05, 3.63) is 62.3 Å². The Kier molecular flexibility index (Phi) is 5.47. The number of anilines is 1. The molecule has 3 aromatic rings. The zero-order valence-corrected chi connectivity index (χ0v) is 18.9. The summed E-state index contributed by atoms with van der Waals surface area (Å²) in [6.07, 6.45) is 3.74. The summed E-state index contributed by atoms with van der Waals surface area (Å²) in [5, 5.41) is 3.53. The molecule has 1 aromatic carbocycles. The van der Waals surface area contributed by atoms with E-state index in [9.17, 15) is 14.4 Å². The van der Waals surface area contributed by atoms with Crippen LogP contribution in [-0.2, 0) is 17.6 Å². The number of ether oxygens (including phenoxy) is 1. The Hall–Kier alpha value is -2.93. The highest BCUT2D eigenvalue weighted by Crippen LogP contribution is 2.44. The minimum absolute atomic E-state index is 0.103. The van der Waals surface area contributed by atoms with Crippen LogP contribution in [0, 0.1) is 11.3 Å². The molecule has 7 heteroatoms. The number of thiophene rings is 1. The topological polar surface area (TPSA) is 85.6 Å². The standard InChI is InChI=1S/C24H25NO5S/c1-24(2,3)13-9-10-15-18(11-13)31-22(19(15)23(28)29-4)25-21(27)16-12-30-17-8-6-5-7-14(17)20(16)26/h5-8,12-13H,9-11H2,1-4H3,(H,25,27). The molecule has 31 heavy (non-hydrogen) atoms. The Bertz CT molecular complexity index is 1230. The number of amides is 1. The second-order valence-electron chi connectivity index (χ2n) is 8.93. The molecule has 0 bridgehead atoms. The predicted octanol–water partition coefficient (Wildman–Crippen LogP) is 5.04. The van der Waals surface area contributed by atoms with Crippen molar-refractivity contribution in [3.63, 3.8) is 0 Å². The summed E-state index contributed by atoms with van der Waals surface area (Å²) >= 11 is 1.39. The van der Waals surface area contributed by atoms with Gasteiger partial charge in [0.2, 0.25) is 5.43 Å². The van der Waals surface area contributed by atoms with E-state index >= 15 is 0 Å². The summed E-state index contributed by atoms with van der Waals surface area (Å²) in [6.45, 7) is 6.66. The van der Waals surface area contributed by atoms with Gasteiger partial charge in [0, 0.05) is 4.88 Å². The second kappa shape index (κ2) is 7.96. The van der Waals surface area contributed by atoms with Gasteiger partial charge in [0.25, 0.3) is 5.91 Å². The number of rotatable bonds is 3. The van der Waals surface area contributed by atoms with Crippen LogP contribution in [0.3, 0.4) is 0 Å². The van der Waals surface area contributed by atoms with Crippen LogP contribution in [0.1, 0.15) is 58.3 Å². The molecule has 0 aliphatic heterocycles. The van der Waals surface area contributed by atoms with Crippen LogP contribution in [-0.4, -0.2) is 19.0 Å². The van der Waals surface area contributed by atoms with E-state index in [1.807, 2.05) is 0 Å². The second-order valence-corrected chi connectivity index (χ2v) is 10.0. The van der Waals surface area contributed by atoms with Crippen molar-refractivity contribution in [2.24, 2.45) is 11.3 Å². The third-order valence-electron chi connectivity index (χ3n) is 6.03. The maximum absolute atomic E-state index is 13.0. The van der Waals surface area contributed by atoms with Gasteiger partial charge in [-0.15, -0.1) is 11.3 Å². The molecule has 0 spiro atoms. The highest BCUT2D eigenvalue weighted by Gasteiger charge is 2.34. The Morgan fingerprint density at radius 1 is 1.23 bits per heavy atom. The molecule has 1 N–H and O–H groups in total. The van der Waals surface area contributed by atoms with E-state index in [1.165, 1.54) is 24.7 Å². The molecule has 1 aliphatic rings. The number of hydrogen-bond donors (Lipinski definition) is 1. The van der Waals surface area contributed by atoms with Crippen molar-refractivity contribution in [3.8, 4) is 0 Å². The smallest absolute Gasteiger partial charge is 0.341 e. The number of carbonyl (C=O) groups is 2. The zero-order chi connectivity index (χ0) is 22.3. The third kappa shape index (κ3) is 3.90. The van der Waals surface area contributed by atoms with E-state index in [-0.39, 0.29) is 11.0 Å². The van der Waals surface area contributed by atoms with Crippen LogP contribution in [0.25, 0.3) is 11.0 Å². The molecule has 1 amide bonds. The van der Waals surface area contributed by atoms with Crippen LogP contribution in [0.15, 0.2) is 39.7 Å². The number of para-hydroxylation sites is 1. The molecule has 2 heterocycles. The fourth-order valence-corrected chi connectivity index (χ4v) is 5.45. The van der Waals surface area contributed by atoms with Gasteiger partial charge in [-0.25, -0.2) is 4.79 Å². The molecule has 1 atom stereocenters. The number of methoxy groups -OCH3 is 1. The van der Waals surface area contributed by atoms with E-state index in [1.54, 1.807) is 24.3 Å². The summed E-state index contributed by atoms with van der Waals surface area (Å²) in [4.78, 5) is 39.4. The third-order valence-corrected chi connectivity index (χ3v) is 7.20. The number of hydrogen-bond acceptors (Lipinski definition) is 6.